The highest BCUT2D eigenvalue weighted by molar-refractivity contribution is 7.10. The third kappa shape index (κ3) is 4.83. The molecule has 1 fully saturated rings. The van der Waals surface area contributed by atoms with E-state index in [1.807, 2.05) is 31.2 Å². The number of ether oxygens (including phenoxy) is 1. The van der Waals surface area contributed by atoms with Crippen LogP contribution in [-0.4, -0.2) is 37.0 Å². The van der Waals surface area contributed by atoms with E-state index in [0.717, 1.165) is 18.8 Å². The van der Waals surface area contributed by atoms with Crippen LogP contribution in [0.3, 0.4) is 0 Å². The minimum Gasteiger partial charge on any atom is -0.494 e. The molecule has 3 rings (SSSR count). The number of carbonyl (C=O) groups is 1. The highest BCUT2D eigenvalue weighted by atomic mass is 32.1. The molecule has 5 heteroatoms. The van der Waals surface area contributed by atoms with Crippen molar-refractivity contribution in [3.8, 4) is 5.75 Å². The quantitative estimate of drug-likeness (QED) is 0.810. The molecule has 0 saturated carbocycles. The molecule has 1 unspecified atom stereocenters. The van der Waals surface area contributed by atoms with E-state index in [1.165, 1.54) is 24.1 Å². The molecule has 1 aliphatic rings. The summed E-state index contributed by atoms with van der Waals surface area (Å²) >= 11 is 1.77. The summed E-state index contributed by atoms with van der Waals surface area (Å²) in [5.41, 5.74) is 0.673. The van der Waals surface area contributed by atoms with Gasteiger partial charge in [-0.1, -0.05) is 12.5 Å². The third-order valence-corrected chi connectivity index (χ3v) is 5.56. The van der Waals surface area contributed by atoms with Crippen LogP contribution < -0.4 is 10.1 Å². The van der Waals surface area contributed by atoms with E-state index in [-0.39, 0.29) is 11.9 Å². The summed E-state index contributed by atoms with van der Waals surface area (Å²) in [7, 11) is 0. The van der Waals surface area contributed by atoms with E-state index in [9.17, 15) is 4.79 Å². The normalized spacial score (nSPS) is 16.4. The first-order chi connectivity index (χ1) is 12.3. The SMILES string of the molecule is CCOc1ccc(C(=O)NCC(c2cccs2)N2CCCCC2)cc1. The Morgan fingerprint density at radius 1 is 1.20 bits per heavy atom. The van der Waals surface area contributed by atoms with Crippen LogP contribution in [0, 0.1) is 0 Å². The van der Waals surface area contributed by atoms with Crippen LogP contribution in [0.1, 0.15) is 47.5 Å². The molecule has 1 aromatic carbocycles. The fraction of sp³-hybridized carbons (Fsp3) is 0.450. The van der Waals surface area contributed by atoms with Crippen LogP contribution in [0.4, 0.5) is 0 Å². The summed E-state index contributed by atoms with van der Waals surface area (Å²) in [5, 5.41) is 5.23. The molecule has 2 heterocycles. The fourth-order valence-corrected chi connectivity index (χ4v) is 4.14. The monoisotopic (exact) mass is 358 g/mol. The Morgan fingerprint density at radius 3 is 2.60 bits per heavy atom. The van der Waals surface area contributed by atoms with Crippen molar-refractivity contribution in [2.45, 2.75) is 32.2 Å². The summed E-state index contributed by atoms with van der Waals surface area (Å²) < 4.78 is 5.43. The maximum absolute atomic E-state index is 12.5. The summed E-state index contributed by atoms with van der Waals surface area (Å²) in [6, 6.07) is 11.9. The standard InChI is InChI=1S/C20H26N2O2S/c1-2-24-17-10-8-16(9-11-17)20(23)21-15-18(19-7-6-14-25-19)22-12-4-3-5-13-22/h6-11,14,18H,2-5,12-13,15H2,1H3,(H,21,23). The largest absolute Gasteiger partial charge is 0.494 e. The first-order valence-electron chi connectivity index (χ1n) is 9.06. The Balaban J connectivity index is 1.62. The van der Waals surface area contributed by atoms with Crippen LogP contribution >= 0.6 is 11.3 Å². The van der Waals surface area contributed by atoms with Crippen molar-refractivity contribution in [2.24, 2.45) is 0 Å². The van der Waals surface area contributed by atoms with Crippen molar-refractivity contribution in [2.75, 3.05) is 26.2 Å². The van der Waals surface area contributed by atoms with Crippen LogP contribution in [0.15, 0.2) is 41.8 Å². The Kier molecular flexibility index (Phi) is 6.48. The second-order valence-corrected chi connectivity index (χ2v) is 7.27. The maximum atomic E-state index is 12.5. The molecule has 1 saturated heterocycles. The topological polar surface area (TPSA) is 41.6 Å². The lowest BCUT2D eigenvalue weighted by atomic mass is 10.1. The van der Waals surface area contributed by atoms with Gasteiger partial charge in [0.05, 0.1) is 12.6 Å². The van der Waals surface area contributed by atoms with Gasteiger partial charge < -0.3 is 10.1 Å². The minimum atomic E-state index is -0.0263. The summed E-state index contributed by atoms with van der Waals surface area (Å²) in [5.74, 6) is 0.769. The molecule has 1 atom stereocenters. The van der Waals surface area contributed by atoms with Gasteiger partial charge in [-0.3, -0.25) is 9.69 Å². The lowest BCUT2D eigenvalue weighted by Gasteiger charge is -2.34. The number of likely N-dealkylation sites (tertiary alicyclic amines) is 1. The van der Waals surface area contributed by atoms with E-state index < -0.39 is 0 Å². The van der Waals surface area contributed by atoms with Gasteiger partial charge in [0.1, 0.15) is 5.75 Å². The van der Waals surface area contributed by atoms with E-state index in [1.54, 1.807) is 11.3 Å². The van der Waals surface area contributed by atoms with Crippen LogP contribution in [-0.2, 0) is 0 Å². The lowest BCUT2D eigenvalue weighted by molar-refractivity contribution is 0.0925. The zero-order chi connectivity index (χ0) is 17.5. The van der Waals surface area contributed by atoms with Crippen molar-refractivity contribution in [1.29, 1.82) is 0 Å². The van der Waals surface area contributed by atoms with Gasteiger partial charge in [-0.15, -0.1) is 11.3 Å². The molecule has 0 spiro atoms. The van der Waals surface area contributed by atoms with Crippen molar-refractivity contribution in [3.05, 3.63) is 52.2 Å². The summed E-state index contributed by atoms with van der Waals surface area (Å²) in [4.78, 5) is 16.3. The number of piperidine rings is 1. The molecule has 4 nitrogen and oxygen atoms in total. The highest BCUT2D eigenvalue weighted by Crippen LogP contribution is 2.27. The molecule has 1 amide bonds. The number of rotatable bonds is 7. The minimum absolute atomic E-state index is 0.0263. The van der Waals surface area contributed by atoms with Crippen molar-refractivity contribution in [3.63, 3.8) is 0 Å². The van der Waals surface area contributed by atoms with Crippen LogP contribution in [0.5, 0.6) is 5.75 Å². The average molecular weight is 359 g/mol. The number of thiophene rings is 1. The fourth-order valence-electron chi connectivity index (χ4n) is 3.28. The van der Waals surface area contributed by atoms with Gasteiger partial charge in [0.2, 0.25) is 0 Å². The molecular formula is C20H26N2O2S. The third-order valence-electron chi connectivity index (χ3n) is 4.59. The van der Waals surface area contributed by atoms with Crippen LogP contribution in [0.25, 0.3) is 0 Å². The number of benzene rings is 1. The smallest absolute Gasteiger partial charge is 0.251 e. The van der Waals surface area contributed by atoms with Gasteiger partial charge >= 0.3 is 0 Å². The van der Waals surface area contributed by atoms with E-state index in [2.05, 4.69) is 27.7 Å². The molecule has 1 N–H and O–H groups in total. The van der Waals surface area contributed by atoms with Gasteiger partial charge in [-0.25, -0.2) is 0 Å². The molecule has 0 radical (unpaired) electrons. The highest BCUT2D eigenvalue weighted by Gasteiger charge is 2.23. The van der Waals surface area contributed by atoms with Gasteiger partial charge in [-0.05, 0) is 68.6 Å². The van der Waals surface area contributed by atoms with Gasteiger partial charge in [-0.2, -0.15) is 0 Å². The Bertz CT molecular complexity index is 649. The second kappa shape index (κ2) is 9.02. The number of nitrogens with one attached hydrogen (secondary N) is 1. The Hall–Kier alpha value is -1.85. The summed E-state index contributed by atoms with van der Waals surface area (Å²) in [6.07, 6.45) is 3.80. The average Bonchev–Trinajstić information content (AvgIpc) is 3.18. The zero-order valence-electron chi connectivity index (χ0n) is 14.7. The van der Waals surface area contributed by atoms with E-state index >= 15 is 0 Å². The molecule has 0 bridgehead atoms. The number of hydrogen-bond donors (Lipinski definition) is 1. The maximum Gasteiger partial charge on any atom is 0.251 e. The number of carbonyl (C=O) groups excluding carboxylic acids is 1. The molecule has 25 heavy (non-hydrogen) atoms. The first kappa shape index (κ1) is 18.0. The lowest BCUT2D eigenvalue weighted by Crippen LogP contribution is -2.40. The number of amides is 1. The molecule has 1 aromatic heterocycles. The Morgan fingerprint density at radius 2 is 1.96 bits per heavy atom. The molecule has 1 aliphatic heterocycles. The molecular weight excluding hydrogens is 332 g/mol. The summed E-state index contributed by atoms with van der Waals surface area (Å²) in [6.45, 7) is 5.45. The van der Waals surface area contributed by atoms with E-state index in [0.29, 0.717) is 18.7 Å². The van der Waals surface area contributed by atoms with Crippen molar-refractivity contribution in [1.82, 2.24) is 10.2 Å². The Labute approximate surface area is 153 Å². The molecule has 0 aliphatic carbocycles. The van der Waals surface area contributed by atoms with Crippen molar-refractivity contribution >= 4 is 17.2 Å². The number of hydrogen-bond acceptors (Lipinski definition) is 4. The zero-order valence-corrected chi connectivity index (χ0v) is 15.6. The van der Waals surface area contributed by atoms with Gasteiger partial charge in [0.25, 0.3) is 5.91 Å². The second-order valence-electron chi connectivity index (χ2n) is 6.30. The first-order valence-corrected chi connectivity index (χ1v) is 9.94. The van der Waals surface area contributed by atoms with E-state index in [4.69, 9.17) is 4.74 Å². The van der Waals surface area contributed by atoms with Gasteiger partial charge in [0, 0.05) is 17.0 Å². The van der Waals surface area contributed by atoms with Gasteiger partial charge in [0.15, 0.2) is 0 Å². The van der Waals surface area contributed by atoms with Crippen molar-refractivity contribution < 1.29 is 9.53 Å². The predicted octanol–water partition coefficient (Wildman–Crippen LogP) is 4.10. The molecule has 2 aromatic rings. The predicted molar refractivity (Wildman–Crippen MR) is 102 cm³/mol. The number of nitrogens with zero attached hydrogens (tertiary/aromatic N) is 1. The molecule has 134 valence electrons. The van der Waals surface area contributed by atoms with Crippen LogP contribution in [0.2, 0.25) is 0 Å².